The van der Waals surface area contributed by atoms with Gasteiger partial charge >= 0.3 is 0 Å². The molecule has 4 amide bonds. The molecule has 2 aromatic heterocycles. The van der Waals surface area contributed by atoms with Crippen LogP contribution in [-0.4, -0.2) is 44.0 Å². The Morgan fingerprint density at radius 2 is 1.09 bits per heavy atom. The van der Waals surface area contributed by atoms with Crippen molar-refractivity contribution in [3.8, 4) is 0 Å². The monoisotopic (exact) mass is 632 g/mol. The van der Waals surface area contributed by atoms with Crippen molar-refractivity contribution in [2.45, 2.75) is 64.2 Å². The van der Waals surface area contributed by atoms with Crippen molar-refractivity contribution < 1.29 is 19.2 Å². The van der Waals surface area contributed by atoms with Crippen molar-refractivity contribution in [1.82, 2.24) is 20.4 Å². The summed E-state index contributed by atoms with van der Waals surface area (Å²) in [5.41, 5.74) is 2.63. The number of amides is 4. The molecule has 2 heterocycles. The van der Waals surface area contributed by atoms with E-state index >= 15 is 0 Å². The molecule has 228 valence electrons. The van der Waals surface area contributed by atoms with Crippen LogP contribution in [0.5, 0.6) is 0 Å². The highest BCUT2D eigenvalue weighted by Gasteiger charge is 2.29. The largest absolute Gasteiger partial charge is 0.326 e. The fourth-order valence-electron chi connectivity index (χ4n) is 5.18. The average molecular weight is 633 g/mol. The Hall–Kier alpha value is -4.56. The molecular weight excluding hydrogens is 601 g/mol. The van der Waals surface area contributed by atoms with Crippen molar-refractivity contribution in [2.24, 2.45) is 0 Å². The number of carbonyl (C=O) groups excluding carboxylic acids is 4. The van der Waals surface area contributed by atoms with Gasteiger partial charge in [-0.3, -0.25) is 19.2 Å². The van der Waals surface area contributed by atoms with Crippen molar-refractivity contribution in [3.63, 3.8) is 0 Å². The lowest BCUT2D eigenvalue weighted by atomic mass is 9.82. The summed E-state index contributed by atoms with van der Waals surface area (Å²) in [6.07, 6.45) is 3.90. The first-order chi connectivity index (χ1) is 21.2. The van der Waals surface area contributed by atoms with Gasteiger partial charge in [-0.2, -0.15) is 0 Å². The molecule has 0 saturated heterocycles. The van der Waals surface area contributed by atoms with Gasteiger partial charge < -0.3 is 21.3 Å². The van der Waals surface area contributed by atoms with E-state index in [0.29, 0.717) is 32.8 Å². The fourth-order valence-corrected chi connectivity index (χ4v) is 7.00. The summed E-state index contributed by atoms with van der Waals surface area (Å²) in [6.45, 7) is 2.85. The van der Waals surface area contributed by atoms with Crippen LogP contribution in [0.2, 0.25) is 0 Å². The first-order valence-corrected chi connectivity index (χ1v) is 15.8. The van der Waals surface area contributed by atoms with E-state index in [-0.39, 0.29) is 48.3 Å². The zero-order valence-corrected chi connectivity index (χ0v) is 25.9. The molecule has 1 fully saturated rings. The number of hydrogen-bond donors (Lipinski definition) is 4. The van der Waals surface area contributed by atoms with Crippen molar-refractivity contribution in [3.05, 3.63) is 69.7 Å². The fraction of sp³-hybridized carbons (Fsp3) is 0.333. The van der Waals surface area contributed by atoms with E-state index in [1.165, 1.54) is 36.5 Å². The molecule has 0 bridgehead atoms. The first-order valence-electron chi connectivity index (χ1n) is 14.2. The van der Waals surface area contributed by atoms with Gasteiger partial charge in [-0.05, 0) is 42.5 Å². The van der Waals surface area contributed by atoms with Crippen LogP contribution >= 0.6 is 22.7 Å². The highest BCUT2D eigenvalue weighted by atomic mass is 32.1. The SMILES string of the molecule is CC(=O)Nc1ccccc1CC(=O)Nc1nnc(C2CCCC(c3nnc(NC(=O)Cc4ccccc4NC(C)=O)s3)C2)s1. The molecule has 2 aromatic carbocycles. The Labute approximate surface area is 262 Å². The summed E-state index contributed by atoms with van der Waals surface area (Å²) >= 11 is 2.74. The quantitative estimate of drug-likeness (QED) is 0.187. The van der Waals surface area contributed by atoms with E-state index in [1.807, 2.05) is 12.1 Å². The van der Waals surface area contributed by atoms with Crippen LogP contribution in [-0.2, 0) is 32.0 Å². The normalized spacial score (nSPS) is 16.1. The second-order valence-corrected chi connectivity index (χ2v) is 12.6. The summed E-state index contributed by atoms with van der Waals surface area (Å²) < 4.78 is 0. The summed E-state index contributed by atoms with van der Waals surface area (Å²) in [5.74, 6) is -0.543. The van der Waals surface area contributed by atoms with Gasteiger partial charge in [0.15, 0.2) is 0 Å². The Balaban J connectivity index is 1.16. The number of hydrogen-bond acceptors (Lipinski definition) is 10. The summed E-state index contributed by atoms with van der Waals surface area (Å²) in [7, 11) is 0. The number of nitrogens with zero attached hydrogens (tertiary/aromatic N) is 4. The third kappa shape index (κ3) is 8.29. The minimum Gasteiger partial charge on any atom is -0.326 e. The van der Waals surface area contributed by atoms with Crippen LogP contribution in [0.1, 0.15) is 72.5 Å². The topological polar surface area (TPSA) is 168 Å². The van der Waals surface area contributed by atoms with Crippen LogP contribution in [0.15, 0.2) is 48.5 Å². The molecular formula is C30H32N8O4S2. The van der Waals surface area contributed by atoms with Crippen molar-refractivity contribution in [2.75, 3.05) is 21.3 Å². The number of anilines is 4. The van der Waals surface area contributed by atoms with Gasteiger partial charge in [-0.15, -0.1) is 20.4 Å². The summed E-state index contributed by atoms with van der Waals surface area (Å²) in [4.78, 5) is 48.5. The third-order valence-corrected chi connectivity index (χ3v) is 9.11. The van der Waals surface area contributed by atoms with Gasteiger partial charge in [-0.25, -0.2) is 0 Å². The molecule has 2 atom stereocenters. The summed E-state index contributed by atoms with van der Waals surface area (Å²) in [5, 5.41) is 30.9. The Bertz CT molecular complexity index is 1550. The zero-order chi connectivity index (χ0) is 31.1. The molecule has 44 heavy (non-hydrogen) atoms. The number of nitrogens with one attached hydrogen (secondary N) is 4. The van der Waals surface area contributed by atoms with Crippen molar-refractivity contribution >= 4 is 67.9 Å². The van der Waals surface area contributed by atoms with E-state index in [9.17, 15) is 19.2 Å². The molecule has 14 heteroatoms. The lowest BCUT2D eigenvalue weighted by Gasteiger charge is -2.25. The van der Waals surface area contributed by atoms with Gasteiger partial charge in [0.25, 0.3) is 0 Å². The predicted molar refractivity (Wildman–Crippen MR) is 170 cm³/mol. The second kappa shape index (κ2) is 14.3. The molecule has 2 unspecified atom stereocenters. The maximum atomic E-state index is 12.7. The van der Waals surface area contributed by atoms with Gasteiger partial charge in [-0.1, -0.05) is 65.5 Å². The smallest absolute Gasteiger partial charge is 0.230 e. The Kier molecular flexibility index (Phi) is 10.0. The minimum absolute atomic E-state index is 0.0919. The molecule has 0 spiro atoms. The Morgan fingerprint density at radius 1 is 0.659 bits per heavy atom. The highest BCUT2D eigenvalue weighted by molar-refractivity contribution is 7.15. The predicted octanol–water partition coefficient (Wildman–Crippen LogP) is 5.11. The summed E-state index contributed by atoms with van der Waals surface area (Å²) in [6, 6.07) is 14.4. The molecule has 0 aliphatic heterocycles. The lowest BCUT2D eigenvalue weighted by molar-refractivity contribution is -0.116. The van der Waals surface area contributed by atoms with Gasteiger partial charge in [0.1, 0.15) is 10.0 Å². The second-order valence-electron chi connectivity index (χ2n) is 10.6. The van der Waals surface area contributed by atoms with Crippen LogP contribution in [0.25, 0.3) is 0 Å². The molecule has 1 aliphatic rings. The van der Waals surface area contributed by atoms with E-state index in [1.54, 1.807) is 36.4 Å². The van der Waals surface area contributed by atoms with E-state index in [0.717, 1.165) is 35.7 Å². The van der Waals surface area contributed by atoms with Gasteiger partial charge in [0.2, 0.25) is 33.9 Å². The minimum atomic E-state index is -0.242. The number of aromatic nitrogens is 4. The molecule has 1 saturated carbocycles. The highest BCUT2D eigenvalue weighted by Crippen LogP contribution is 2.43. The zero-order valence-electron chi connectivity index (χ0n) is 24.3. The molecule has 4 aromatic rings. The maximum absolute atomic E-state index is 12.7. The maximum Gasteiger partial charge on any atom is 0.230 e. The number of para-hydroxylation sites is 2. The van der Waals surface area contributed by atoms with Crippen LogP contribution < -0.4 is 21.3 Å². The molecule has 1 aliphatic carbocycles. The molecule has 0 radical (unpaired) electrons. The standard InChI is InChI=1S/C30H32N8O4S2/c1-17(39)31-23-12-5-3-8-19(23)15-25(41)33-29-37-35-27(43-29)21-10-7-11-22(14-21)28-36-38-30(44-28)34-26(42)16-20-9-4-6-13-24(20)32-18(2)40/h3-6,8-9,12-13,21-22H,7,10-11,14-16H2,1-2H3,(H,31,39)(H,32,40)(H,33,37,41)(H,34,38,42). The van der Waals surface area contributed by atoms with E-state index in [4.69, 9.17) is 0 Å². The number of rotatable bonds is 10. The number of carbonyl (C=O) groups is 4. The molecule has 5 rings (SSSR count). The molecule has 12 nitrogen and oxygen atoms in total. The van der Waals surface area contributed by atoms with Crippen molar-refractivity contribution in [1.29, 1.82) is 0 Å². The van der Waals surface area contributed by atoms with Gasteiger partial charge in [0, 0.05) is 37.1 Å². The first kappa shape index (κ1) is 30.9. The average Bonchev–Trinajstić information content (AvgIpc) is 3.65. The van der Waals surface area contributed by atoms with Crippen LogP contribution in [0.4, 0.5) is 21.6 Å². The van der Waals surface area contributed by atoms with E-state index < -0.39 is 0 Å². The lowest BCUT2D eigenvalue weighted by Crippen LogP contribution is -2.16. The third-order valence-electron chi connectivity index (χ3n) is 7.10. The Morgan fingerprint density at radius 3 is 1.52 bits per heavy atom. The van der Waals surface area contributed by atoms with Crippen LogP contribution in [0, 0.1) is 0 Å². The number of benzene rings is 2. The van der Waals surface area contributed by atoms with Crippen LogP contribution in [0.3, 0.4) is 0 Å². The molecule has 4 N–H and O–H groups in total. The van der Waals surface area contributed by atoms with E-state index in [2.05, 4.69) is 41.7 Å². The van der Waals surface area contributed by atoms with Gasteiger partial charge in [0.05, 0.1) is 12.8 Å².